The molecule has 1 aromatic carbocycles. The highest BCUT2D eigenvalue weighted by atomic mass is 16.5. The molecule has 7 heteroatoms. The van der Waals surface area contributed by atoms with Gasteiger partial charge in [-0.25, -0.2) is 15.4 Å². The number of nitrogens with one attached hydrogen (secondary N) is 2. The Bertz CT molecular complexity index is 1000. The zero-order valence-corrected chi connectivity index (χ0v) is 15.7. The summed E-state index contributed by atoms with van der Waals surface area (Å²) in [6.07, 6.45) is 3.74. The van der Waals surface area contributed by atoms with Crippen molar-refractivity contribution in [2.45, 2.75) is 39.2 Å². The molecule has 0 bridgehead atoms. The lowest BCUT2D eigenvalue weighted by atomic mass is 9.86. The van der Waals surface area contributed by atoms with Gasteiger partial charge in [-0.15, -0.1) is 0 Å². The molecule has 3 N–H and O–H groups in total. The maximum absolute atomic E-state index is 11.4. The molecule has 2 aromatic heterocycles. The molecule has 7 nitrogen and oxygen atoms in total. The molecule has 1 aliphatic rings. The molecule has 0 radical (unpaired) electrons. The van der Waals surface area contributed by atoms with Gasteiger partial charge in [0.1, 0.15) is 0 Å². The van der Waals surface area contributed by atoms with Gasteiger partial charge in [0, 0.05) is 54.1 Å². The molecule has 0 saturated heterocycles. The van der Waals surface area contributed by atoms with Crippen molar-refractivity contribution < 1.29 is 10.0 Å². The smallest absolute Gasteiger partial charge is 0.277 e. The highest BCUT2D eigenvalue weighted by molar-refractivity contribution is 5.92. The summed E-state index contributed by atoms with van der Waals surface area (Å²) in [5.74, 6) is -0.0368. The second-order valence-corrected chi connectivity index (χ2v) is 7.98. The van der Waals surface area contributed by atoms with E-state index in [-0.39, 0.29) is 11.0 Å². The quantitative estimate of drug-likeness (QED) is 0.479. The van der Waals surface area contributed by atoms with Crippen LogP contribution < -0.4 is 10.4 Å². The van der Waals surface area contributed by atoms with Crippen LogP contribution in [0.2, 0.25) is 0 Å². The summed E-state index contributed by atoms with van der Waals surface area (Å²) in [6.45, 7) is 8.18. The molecule has 1 aliphatic heterocycles. The number of hydrogen-bond donors (Lipinski definition) is 3. The fraction of sp³-hybridized carbons (Fsp3) is 0.350. The minimum Gasteiger partial charge on any atom is -0.358 e. The number of fused-ring (bicyclic) bond motifs is 3. The van der Waals surface area contributed by atoms with Crippen molar-refractivity contribution in [3.8, 4) is 0 Å². The first-order valence-corrected chi connectivity index (χ1v) is 9.02. The first kappa shape index (κ1) is 17.5. The third kappa shape index (κ3) is 3.14. The molecule has 0 aliphatic carbocycles. The average molecular weight is 365 g/mol. The van der Waals surface area contributed by atoms with Gasteiger partial charge in [0.15, 0.2) is 0 Å². The van der Waals surface area contributed by atoms with Crippen molar-refractivity contribution in [2.75, 3.05) is 11.4 Å². The number of carbonyl (C=O) groups excluding carboxylic acids is 1. The molecule has 4 rings (SSSR count). The van der Waals surface area contributed by atoms with Gasteiger partial charge in [0.05, 0.1) is 5.56 Å². The van der Waals surface area contributed by atoms with Gasteiger partial charge in [-0.2, -0.15) is 0 Å². The SMILES string of the molecule is CC(C)(C)c1ccc2[nH]c3c(c2c1)CN(c1ncc(C(=O)NO)cn1)CC3. The lowest BCUT2D eigenvalue weighted by molar-refractivity contribution is 0.0705. The van der Waals surface area contributed by atoms with E-state index in [1.807, 2.05) is 0 Å². The summed E-state index contributed by atoms with van der Waals surface area (Å²) in [5.41, 5.74) is 6.93. The minimum atomic E-state index is -0.617. The predicted molar refractivity (Wildman–Crippen MR) is 103 cm³/mol. The largest absolute Gasteiger partial charge is 0.358 e. The molecule has 27 heavy (non-hydrogen) atoms. The molecule has 140 valence electrons. The first-order valence-electron chi connectivity index (χ1n) is 9.02. The Morgan fingerprint density at radius 3 is 2.67 bits per heavy atom. The van der Waals surface area contributed by atoms with Crippen molar-refractivity contribution in [3.63, 3.8) is 0 Å². The molecule has 0 unspecified atom stereocenters. The van der Waals surface area contributed by atoms with E-state index in [0.717, 1.165) is 18.5 Å². The Balaban J connectivity index is 1.66. The zero-order valence-electron chi connectivity index (χ0n) is 15.7. The summed E-state index contributed by atoms with van der Waals surface area (Å²) >= 11 is 0. The molecular weight excluding hydrogens is 342 g/mol. The fourth-order valence-electron chi connectivity index (χ4n) is 3.52. The summed E-state index contributed by atoms with van der Waals surface area (Å²) in [7, 11) is 0. The van der Waals surface area contributed by atoms with Crippen LogP contribution in [-0.2, 0) is 18.4 Å². The third-order valence-electron chi connectivity index (χ3n) is 5.13. The Labute approximate surface area is 157 Å². The predicted octanol–water partition coefficient (Wildman–Crippen LogP) is 2.94. The molecule has 3 aromatic rings. The van der Waals surface area contributed by atoms with Gasteiger partial charge in [-0.3, -0.25) is 10.0 Å². The normalized spacial score (nSPS) is 14.3. The lowest BCUT2D eigenvalue weighted by Gasteiger charge is -2.27. The van der Waals surface area contributed by atoms with Crippen LogP contribution in [-0.4, -0.2) is 32.6 Å². The number of aromatic nitrogens is 3. The highest BCUT2D eigenvalue weighted by Gasteiger charge is 2.24. The number of benzene rings is 1. The number of H-pyrrole nitrogens is 1. The number of aromatic amines is 1. The Kier molecular flexibility index (Phi) is 4.11. The molecule has 0 atom stereocenters. The van der Waals surface area contributed by atoms with E-state index in [2.05, 4.69) is 58.8 Å². The maximum atomic E-state index is 11.4. The average Bonchev–Trinajstić information content (AvgIpc) is 3.04. The van der Waals surface area contributed by atoms with E-state index in [1.165, 1.54) is 34.6 Å². The molecular formula is C20H23N5O2. The molecule has 3 heterocycles. The van der Waals surface area contributed by atoms with Crippen molar-refractivity contribution in [1.82, 2.24) is 20.4 Å². The second kappa shape index (κ2) is 6.35. The van der Waals surface area contributed by atoms with Crippen molar-refractivity contribution in [2.24, 2.45) is 0 Å². The fourth-order valence-corrected chi connectivity index (χ4v) is 3.52. The monoisotopic (exact) mass is 365 g/mol. The van der Waals surface area contributed by atoms with Crippen LogP contribution in [0.5, 0.6) is 0 Å². The van der Waals surface area contributed by atoms with Gasteiger partial charge in [0.2, 0.25) is 5.95 Å². The number of rotatable bonds is 2. The van der Waals surface area contributed by atoms with Gasteiger partial charge in [-0.05, 0) is 23.1 Å². The molecule has 1 amide bonds. The zero-order chi connectivity index (χ0) is 19.2. The summed E-state index contributed by atoms with van der Waals surface area (Å²) < 4.78 is 0. The standard InChI is InChI=1S/C20H23N5O2/c1-20(2,3)13-4-5-16-14(8-13)15-11-25(7-6-17(15)23-16)19-21-9-12(10-22-19)18(26)24-27/h4-5,8-10,23,27H,6-7,11H2,1-3H3,(H,24,26). The first-order chi connectivity index (χ1) is 12.9. The van der Waals surface area contributed by atoms with Crippen LogP contribution >= 0.6 is 0 Å². The van der Waals surface area contributed by atoms with Crippen molar-refractivity contribution >= 4 is 22.8 Å². The Hall–Kier alpha value is -2.93. The van der Waals surface area contributed by atoms with E-state index in [0.29, 0.717) is 12.5 Å². The number of anilines is 1. The Morgan fingerprint density at radius 2 is 2.00 bits per heavy atom. The number of hydrogen-bond acceptors (Lipinski definition) is 5. The minimum absolute atomic E-state index is 0.0961. The summed E-state index contributed by atoms with van der Waals surface area (Å²) in [6, 6.07) is 6.64. The maximum Gasteiger partial charge on any atom is 0.277 e. The number of amides is 1. The van der Waals surface area contributed by atoms with Crippen LogP contribution in [0.1, 0.15) is 48.0 Å². The van der Waals surface area contributed by atoms with Crippen molar-refractivity contribution in [3.05, 3.63) is 53.0 Å². The van der Waals surface area contributed by atoms with Crippen LogP contribution in [0.15, 0.2) is 30.6 Å². The Morgan fingerprint density at radius 1 is 1.26 bits per heavy atom. The number of nitrogens with zero attached hydrogens (tertiary/aromatic N) is 3. The number of hydroxylamine groups is 1. The van der Waals surface area contributed by atoms with E-state index in [1.54, 1.807) is 5.48 Å². The van der Waals surface area contributed by atoms with E-state index >= 15 is 0 Å². The van der Waals surface area contributed by atoms with Gasteiger partial charge in [0.25, 0.3) is 5.91 Å². The van der Waals surface area contributed by atoms with E-state index < -0.39 is 5.91 Å². The van der Waals surface area contributed by atoms with Gasteiger partial charge >= 0.3 is 0 Å². The lowest BCUT2D eigenvalue weighted by Crippen LogP contribution is -2.31. The van der Waals surface area contributed by atoms with Crippen LogP contribution in [0.25, 0.3) is 10.9 Å². The van der Waals surface area contributed by atoms with Crippen LogP contribution in [0, 0.1) is 0 Å². The summed E-state index contributed by atoms with van der Waals surface area (Å²) in [5, 5.41) is 9.95. The molecule has 0 saturated carbocycles. The van der Waals surface area contributed by atoms with Crippen LogP contribution in [0.4, 0.5) is 5.95 Å². The molecule has 0 spiro atoms. The van der Waals surface area contributed by atoms with Gasteiger partial charge in [-0.1, -0.05) is 26.8 Å². The van der Waals surface area contributed by atoms with Crippen molar-refractivity contribution in [1.29, 1.82) is 0 Å². The number of carbonyl (C=O) groups is 1. The van der Waals surface area contributed by atoms with Gasteiger partial charge < -0.3 is 9.88 Å². The third-order valence-corrected chi connectivity index (χ3v) is 5.13. The van der Waals surface area contributed by atoms with Crippen LogP contribution in [0.3, 0.4) is 0 Å². The topological polar surface area (TPSA) is 94.1 Å². The van der Waals surface area contributed by atoms with E-state index in [9.17, 15) is 4.79 Å². The molecule has 0 fully saturated rings. The second-order valence-electron chi connectivity index (χ2n) is 7.98. The highest BCUT2D eigenvalue weighted by Crippen LogP contribution is 2.32. The van der Waals surface area contributed by atoms with E-state index in [4.69, 9.17) is 5.21 Å². The summed E-state index contributed by atoms with van der Waals surface area (Å²) in [4.78, 5) is 25.7.